The number of pyridine rings is 1. The Labute approximate surface area is 97.8 Å². The van der Waals surface area contributed by atoms with Crippen LogP contribution >= 0.6 is 0 Å². The van der Waals surface area contributed by atoms with Crippen molar-refractivity contribution in [3.8, 4) is 0 Å². The molecule has 0 aliphatic heterocycles. The van der Waals surface area contributed by atoms with E-state index in [0.717, 1.165) is 19.0 Å². The second-order valence-electron chi connectivity index (χ2n) is 4.30. The third kappa shape index (κ3) is 1.93. The van der Waals surface area contributed by atoms with Crippen molar-refractivity contribution in [2.45, 2.75) is 25.0 Å². The number of nitrogens with zero attached hydrogens (tertiary/aromatic N) is 3. The molecule has 0 saturated heterocycles. The molecule has 0 bridgehead atoms. The summed E-state index contributed by atoms with van der Waals surface area (Å²) >= 11 is 0. The fourth-order valence-corrected chi connectivity index (χ4v) is 1.93. The van der Waals surface area contributed by atoms with E-state index in [4.69, 9.17) is 0 Å². The van der Waals surface area contributed by atoms with Gasteiger partial charge in [-0.2, -0.15) is 0 Å². The molecule has 88 valence electrons. The van der Waals surface area contributed by atoms with E-state index >= 15 is 0 Å². The van der Waals surface area contributed by atoms with Crippen LogP contribution in [0, 0.1) is 5.82 Å². The first-order chi connectivity index (χ1) is 8.25. The minimum atomic E-state index is -0.874. The van der Waals surface area contributed by atoms with E-state index in [2.05, 4.69) is 9.97 Å². The molecule has 4 nitrogen and oxygen atoms in total. The van der Waals surface area contributed by atoms with Crippen molar-refractivity contribution in [3.05, 3.63) is 48.1 Å². The lowest BCUT2D eigenvalue weighted by molar-refractivity contribution is 0.209. The van der Waals surface area contributed by atoms with E-state index in [1.54, 1.807) is 12.5 Å². The Kier molecular flexibility index (Phi) is 2.40. The van der Waals surface area contributed by atoms with Crippen LogP contribution in [0.4, 0.5) is 4.39 Å². The van der Waals surface area contributed by atoms with Gasteiger partial charge in [-0.25, -0.2) is 9.37 Å². The molecule has 1 aliphatic rings. The van der Waals surface area contributed by atoms with E-state index in [1.807, 2.05) is 4.57 Å². The zero-order valence-corrected chi connectivity index (χ0v) is 9.12. The molecule has 1 N–H and O–H groups in total. The zero-order valence-electron chi connectivity index (χ0n) is 9.12. The van der Waals surface area contributed by atoms with Gasteiger partial charge in [-0.3, -0.25) is 4.98 Å². The van der Waals surface area contributed by atoms with Gasteiger partial charge in [0.25, 0.3) is 0 Å². The van der Waals surface area contributed by atoms with E-state index in [1.165, 1.54) is 12.3 Å². The van der Waals surface area contributed by atoms with Crippen molar-refractivity contribution in [1.82, 2.24) is 14.5 Å². The Morgan fingerprint density at radius 2 is 2.12 bits per heavy atom. The predicted molar refractivity (Wildman–Crippen MR) is 58.8 cm³/mol. The van der Waals surface area contributed by atoms with Crippen LogP contribution in [0.2, 0.25) is 0 Å². The molecule has 1 fully saturated rings. The van der Waals surface area contributed by atoms with E-state index in [-0.39, 0.29) is 0 Å². The Bertz CT molecular complexity index is 536. The molecule has 2 aromatic heterocycles. The highest BCUT2D eigenvalue weighted by atomic mass is 19.1. The van der Waals surface area contributed by atoms with Crippen molar-refractivity contribution in [2.75, 3.05) is 0 Å². The van der Waals surface area contributed by atoms with E-state index < -0.39 is 11.9 Å². The van der Waals surface area contributed by atoms with Crippen LogP contribution in [0.5, 0.6) is 0 Å². The molecule has 0 spiro atoms. The van der Waals surface area contributed by atoms with Crippen LogP contribution in [-0.4, -0.2) is 19.6 Å². The number of aromatic nitrogens is 3. The second kappa shape index (κ2) is 3.92. The van der Waals surface area contributed by atoms with Gasteiger partial charge in [-0.05, 0) is 18.9 Å². The van der Waals surface area contributed by atoms with Gasteiger partial charge >= 0.3 is 0 Å². The van der Waals surface area contributed by atoms with Gasteiger partial charge in [0.15, 0.2) is 0 Å². The van der Waals surface area contributed by atoms with Crippen LogP contribution in [-0.2, 0) is 0 Å². The van der Waals surface area contributed by atoms with Crippen molar-refractivity contribution in [2.24, 2.45) is 0 Å². The van der Waals surface area contributed by atoms with Crippen LogP contribution in [0.15, 0.2) is 31.0 Å². The number of rotatable bonds is 3. The third-order valence-corrected chi connectivity index (χ3v) is 2.96. The summed E-state index contributed by atoms with van der Waals surface area (Å²) in [6.45, 7) is 0. The smallest absolute Gasteiger partial charge is 0.141 e. The standard InChI is InChI=1S/C12H12FN3O/c13-9-3-8(4-14-5-9)12(17)11-6-15-7-16(11)10-1-2-10/h3-7,10,12,17H,1-2H2. The Hall–Kier alpha value is -1.75. The molecule has 0 aromatic carbocycles. The van der Waals surface area contributed by atoms with Gasteiger partial charge in [0, 0.05) is 17.8 Å². The topological polar surface area (TPSA) is 50.9 Å². The molecule has 0 amide bonds. The Balaban J connectivity index is 1.95. The number of aliphatic hydroxyl groups is 1. The van der Waals surface area contributed by atoms with Crippen molar-refractivity contribution < 1.29 is 9.50 Å². The molecule has 0 radical (unpaired) electrons. The number of hydrogen-bond acceptors (Lipinski definition) is 3. The van der Waals surface area contributed by atoms with Crippen LogP contribution in [0.1, 0.15) is 36.2 Å². The third-order valence-electron chi connectivity index (χ3n) is 2.96. The highest BCUT2D eigenvalue weighted by Crippen LogP contribution is 2.37. The second-order valence-corrected chi connectivity index (χ2v) is 4.30. The van der Waals surface area contributed by atoms with Crippen molar-refractivity contribution >= 4 is 0 Å². The molecule has 17 heavy (non-hydrogen) atoms. The molecule has 1 unspecified atom stereocenters. The normalized spacial score (nSPS) is 17.1. The Morgan fingerprint density at radius 1 is 1.29 bits per heavy atom. The average molecular weight is 233 g/mol. The van der Waals surface area contributed by atoms with Gasteiger partial charge in [0.05, 0.1) is 24.4 Å². The lowest BCUT2D eigenvalue weighted by Gasteiger charge is -2.13. The van der Waals surface area contributed by atoms with Crippen LogP contribution < -0.4 is 0 Å². The molecular weight excluding hydrogens is 221 g/mol. The van der Waals surface area contributed by atoms with Crippen LogP contribution in [0.25, 0.3) is 0 Å². The summed E-state index contributed by atoms with van der Waals surface area (Å²) in [5, 5.41) is 10.2. The number of hydrogen-bond donors (Lipinski definition) is 1. The summed E-state index contributed by atoms with van der Waals surface area (Å²) in [7, 11) is 0. The summed E-state index contributed by atoms with van der Waals surface area (Å²) in [6.07, 6.45) is 7.26. The minimum Gasteiger partial charge on any atom is -0.382 e. The van der Waals surface area contributed by atoms with Gasteiger partial charge in [-0.15, -0.1) is 0 Å². The number of halogens is 1. The zero-order chi connectivity index (χ0) is 11.8. The largest absolute Gasteiger partial charge is 0.382 e. The molecule has 2 aromatic rings. The molecule has 1 atom stereocenters. The van der Waals surface area contributed by atoms with Gasteiger partial charge < -0.3 is 9.67 Å². The molecule has 2 heterocycles. The summed E-state index contributed by atoms with van der Waals surface area (Å²) in [4.78, 5) is 7.78. The van der Waals surface area contributed by atoms with Crippen LogP contribution in [0.3, 0.4) is 0 Å². The van der Waals surface area contributed by atoms with Gasteiger partial charge in [-0.1, -0.05) is 0 Å². The summed E-state index contributed by atoms with van der Waals surface area (Å²) in [5.74, 6) is -0.445. The summed E-state index contributed by atoms with van der Waals surface area (Å²) in [5.41, 5.74) is 1.15. The summed E-state index contributed by atoms with van der Waals surface area (Å²) in [6, 6.07) is 1.73. The number of aliphatic hydroxyl groups excluding tert-OH is 1. The lowest BCUT2D eigenvalue weighted by atomic mass is 10.1. The monoisotopic (exact) mass is 233 g/mol. The van der Waals surface area contributed by atoms with Crippen molar-refractivity contribution in [3.63, 3.8) is 0 Å². The fourth-order valence-electron chi connectivity index (χ4n) is 1.93. The van der Waals surface area contributed by atoms with Gasteiger partial charge in [0.2, 0.25) is 0 Å². The quantitative estimate of drug-likeness (QED) is 0.880. The number of imidazole rings is 1. The molecule has 3 rings (SSSR count). The maximum absolute atomic E-state index is 13.0. The fraction of sp³-hybridized carbons (Fsp3) is 0.333. The maximum Gasteiger partial charge on any atom is 0.141 e. The lowest BCUT2D eigenvalue weighted by Crippen LogP contribution is -2.07. The first-order valence-electron chi connectivity index (χ1n) is 5.56. The van der Waals surface area contributed by atoms with Gasteiger partial charge in [0.1, 0.15) is 11.9 Å². The predicted octanol–water partition coefficient (Wildman–Crippen LogP) is 1.83. The molecule has 1 saturated carbocycles. The maximum atomic E-state index is 13.0. The Morgan fingerprint density at radius 3 is 2.82 bits per heavy atom. The first kappa shape index (κ1) is 10.4. The highest BCUT2D eigenvalue weighted by molar-refractivity contribution is 5.23. The highest BCUT2D eigenvalue weighted by Gasteiger charge is 2.27. The molecular formula is C12H12FN3O. The van der Waals surface area contributed by atoms with E-state index in [9.17, 15) is 9.50 Å². The molecule has 5 heteroatoms. The van der Waals surface area contributed by atoms with Crippen molar-refractivity contribution in [1.29, 1.82) is 0 Å². The SMILES string of the molecule is OC(c1cncc(F)c1)c1cncn1C1CC1. The summed E-state index contributed by atoms with van der Waals surface area (Å²) < 4.78 is 15.0. The average Bonchev–Trinajstić information content (AvgIpc) is 3.06. The minimum absolute atomic E-state index is 0.434. The molecule has 1 aliphatic carbocycles. The van der Waals surface area contributed by atoms with E-state index in [0.29, 0.717) is 17.3 Å². The first-order valence-corrected chi connectivity index (χ1v) is 5.56.